The SMILES string of the molecule is O=C(OCC(=O)N1CCOCC1)c1ccc(COc2ccccc2)cc1. The molecule has 1 aliphatic rings. The van der Waals surface area contributed by atoms with Crippen LogP contribution in [-0.4, -0.2) is 49.7 Å². The van der Waals surface area contributed by atoms with Gasteiger partial charge in [0.15, 0.2) is 6.61 Å². The van der Waals surface area contributed by atoms with Crippen LogP contribution in [0.2, 0.25) is 0 Å². The number of benzene rings is 2. The molecule has 26 heavy (non-hydrogen) atoms. The first kappa shape index (κ1) is 17.9. The predicted molar refractivity (Wildman–Crippen MR) is 94.9 cm³/mol. The van der Waals surface area contributed by atoms with Crippen molar-refractivity contribution in [3.8, 4) is 5.75 Å². The zero-order valence-corrected chi connectivity index (χ0v) is 14.4. The molecule has 0 saturated carbocycles. The van der Waals surface area contributed by atoms with Gasteiger partial charge in [0, 0.05) is 13.1 Å². The van der Waals surface area contributed by atoms with Crippen molar-refractivity contribution in [3.63, 3.8) is 0 Å². The fraction of sp³-hybridized carbons (Fsp3) is 0.300. The number of hydrogen-bond acceptors (Lipinski definition) is 5. The van der Waals surface area contributed by atoms with Gasteiger partial charge in [-0.1, -0.05) is 30.3 Å². The van der Waals surface area contributed by atoms with E-state index in [0.717, 1.165) is 11.3 Å². The van der Waals surface area contributed by atoms with Gasteiger partial charge < -0.3 is 19.1 Å². The Balaban J connectivity index is 1.46. The maximum atomic E-state index is 12.1. The lowest BCUT2D eigenvalue weighted by molar-refractivity contribution is -0.138. The molecule has 1 aliphatic heterocycles. The van der Waals surface area contributed by atoms with Crippen LogP contribution in [0.1, 0.15) is 15.9 Å². The third-order valence-electron chi connectivity index (χ3n) is 4.03. The molecule has 2 aromatic carbocycles. The lowest BCUT2D eigenvalue weighted by atomic mass is 10.1. The Morgan fingerprint density at radius 2 is 1.65 bits per heavy atom. The fourth-order valence-corrected chi connectivity index (χ4v) is 2.54. The van der Waals surface area contributed by atoms with Gasteiger partial charge in [0.25, 0.3) is 5.91 Å². The minimum atomic E-state index is -0.512. The van der Waals surface area contributed by atoms with E-state index in [1.54, 1.807) is 17.0 Å². The number of esters is 1. The summed E-state index contributed by atoms with van der Waals surface area (Å²) in [6.07, 6.45) is 0. The van der Waals surface area contributed by atoms with Crippen LogP contribution < -0.4 is 4.74 Å². The van der Waals surface area contributed by atoms with E-state index < -0.39 is 5.97 Å². The number of morpholine rings is 1. The van der Waals surface area contributed by atoms with Gasteiger partial charge in [0.1, 0.15) is 12.4 Å². The molecule has 0 aliphatic carbocycles. The molecule has 0 aromatic heterocycles. The quantitative estimate of drug-likeness (QED) is 0.744. The minimum Gasteiger partial charge on any atom is -0.489 e. The molecular formula is C20H21NO5. The van der Waals surface area contributed by atoms with Gasteiger partial charge in [-0.25, -0.2) is 4.79 Å². The number of amides is 1. The van der Waals surface area contributed by atoms with Crippen molar-refractivity contribution in [2.24, 2.45) is 0 Å². The molecule has 3 rings (SSSR count). The van der Waals surface area contributed by atoms with Crippen LogP contribution >= 0.6 is 0 Å². The molecule has 2 aromatic rings. The Morgan fingerprint density at radius 3 is 2.35 bits per heavy atom. The van der Waals surface area contributed by atoms with Crippen LogP contribution in [0.3, 0.4) is 0 Å². The fourth-order valence-electron chi connectivity index (χ4n) is 2.54. The first-order valence-electron chi connectivity index (χ1n) is 8.52. The number of hydrogen-bond donors (Lipinski definition) is 0. The summed E-state index contributed by atoms with van der Waals surface area (Å²) in [6.45, 7) is 2.27. The maximum absolute atomic E-state index is 12.1. The summed E-state index contributed by atoms with van der Waals surface area (Å²) in [6, 6.07) is 16.5. The molecule has 6 nitrogen and oxygen atoms in total. The molecule has 1 heterocycles. The smallest absolute Gasteiger partial charge is 0.338 e. The molecule has 1 fully saturated rings. The monoisotopic (exact) mass is 355 g/mol. The molecular weight excluding hydrogens is 334 g/mol. The van der Waals surface area contributed by atoms with Gasteiger partial charge in [-0.2, -0.15) is 0 Å². The molecule has 0 atom stereocenters. The number of para-hydroxylation sites is 1. The highest BCUT2D eigenvalue weighted by atomic mass is 16.5. The van der Waals surface area contributed by atoms with Crippen molar-refractivity contribution >= 4 is 11.9 Å². The van der Waals surface area contributed by atoms with Crippen molar-refractivity contribution in [1.82, 2.24) is 4.90 Å². The average molecular weight is 355 g/mol. The van der Waals surface area contributed by atoms with E-state index in [9.17, 15) is 9.59 Å². The van der Waals surface area contributed by atoms with Crippen LogP contribution in [0.4, 0.5) is 0 Å². The zero-order chi connectivity index (χ0) is 18.2. The molecule has 0 bridgehead atoms. The van der Waals surface area contributed by atoms with E-state index in [4.69, 9.17) is 14.2 Å². The molecule has 0 N–H and O–H groups in total. The summed E-state index contributed by atoms with van der Waals surface area (Å²) in [5.74, 6) is 0.0780. The highest BCUT2D eigenvalue weighted by molar-refractivity contribution is 5.91. The maximum Gasteiger partial charge on any atom is 0.338 e. The second-order valence-corrected chi connectivity index (χ2v) is 5.87. The van der Waals surface area contributed by atoms with E-state index in [2.05, 4.69) is 0 Å². The first-order chi connectivity index (χ1) is 12.7. The Hall–Kier alpha value is -2.86. The zero-order valence-electron chi connectivity index (χ0n) is 14.4. The Labute approximate surface area is 152 Å². The van der Waals surface area contributed by atoms with Crippen molar-refractivity contribution in [2.75, 3.05) is 32.9 Å². The van der Waals surface area contributed by atoms with Crippen molar-refractivity contribution in [2.45, 2.75) is 6.61 Å². The van der Waals surface area contributed by atoms with Crippen molar-refractivity contribution < 1.29 is 23.8 Å². The van der Waals surface area contributed by atoms with E-state index in [1.807, 2.05) is 42.5 Å². The summed E-state index contributed by atoms with van der Waals surface area (Å²) in [7, 11) is 0. The van der Waals surface area contributed by atoms with Gasteiger partial charge in [0.05, 0.1) is 18.8 Å². The van der Waals surface area contributed by atoms with E-state index >= 15 is 0 Å². The number of carbonyl (C=O) groups is 2. The summed E-state index contributed by atoms with van der Waals surface area (Å²) >= 11 is 0. The summed E-state index contributed by atoms with van der Waals surface area (Å²) in [4.78, 5) is 25.7. The number of carbonyl (C=O) groups excluding carboxylic acids is 2. The molecule has 0 spiro atoms. The largest absolute Gasteiger partial charge is 0.489 e. The standard InChI is InChI=1S/C20H21NO5/c22-19(21-10-12-24-13-11-21)15-26-20(23)17-8-6-16(7-9-17)14-25-18-4-2-1-3-5-18/h1-9H,10-15H2. The van der Waals surface area contributed by atoms with Crippen molar-refractivity contribution in [3.05, 3.63) is 65.7 Å². The summed E-state index contributed by atoms with van der Waals surface area (Å²) in [5.41, 5.74) is 1.35. The Morgan fingerprint density at radius 1 is 0.962 bits per heavy atom. The van der Waals surface area contributed by atoms with Gasteiger partial charge in [-0.15, -0.1) is 0 Å². The minimum absolute atomic E-state index is 0.200. The Kier molecular flexibility index (Phi) is 6.22. The van der Waals surface area contributed by atoms with Crippen LogP contribution in [0.25, 0.3) is 0 Å². The molecule has 6 heteroatoms. The lowest BCUT2D eigenvalue weighted by Gasteiger charge is -2.26. The number of rotatable bonds is 6. The predicted octanol–water partition coefficient (Wildman–Crippen LogP) is 2.28. The molecule has 1 amide bonds. The van der Waals surface area contributed by atoms with Crippen LogP contribution in [-0.2, 0) is 20.9 Å². The molecule has 1 saturated heterocycles. The third-order valence-corrected chi connectivity index (χ3v) is 4.03. The molecule has 0 unspecified atom stereocenters. The second-order valence-electron chi connectivity index (χ2n) is 5.87. The highest BCUT2D eigenvalue weighted by Crippen LogP contribution is 2.13. The van der Waals surface area contributed by atoms with E-state index in [1.165, 1.54) is 0 Å². The van der Waals surface area contributed by atoms with Gasteiger partial charge in [0.2, 0.25) is 0 Å². The van der Waals surface area contributed by atoms with E-state index in [0.29, 0.717) is 38.5 Å². The van der Waals surface area contributed by atoms with Gasteiger partial charge in [-0.3, -0.25) is 4.79 Å². The average Bonchev–Trinajstić information content (AvgIpc) is 2.72. The number of ether oxygens (including phenoxy) is 3. The highest BCUT2D eigenvalue weighted by Gasteiger charge is 2.18. The normalized spacial score (nSPS) is 13.9. The lowest BCUT2D eigenvalue weighted by Crippen LogP contribution is -2.42. The van der Waals surface area contributed by atoms with Crippen LogP contribution in [0.15, 0.2) is 54.6 Å². The van der Waals surface area contributed by atoms with Crippen LogP contribution in [0.5, 0.6) is 5.75 Å². The molecule has 136 valence electrons. The summed E-state index contributed by atoms with van der Waals surface area (Å²) in [5, 5.41) is 0. The Bertz CT molecular complexity index is 724. The third kappa shape index (κ3) is 5.07. The second kappa shape index (κ2) is 9.01. The first-order valence-corrected chi connectivity index (χ1v) is 8.52. The van der Waals surface area contributed by atoms with Gasteiger partial charge >= 0.3 is 5.97 Å². The van der Waals surface area contributed by atoms with Crippen LogP contribution in [0, 0.1) is 0 Å². The van der Waals surface area contributed by atoms with E-state index in [-0.39, 0.29) is 12.5 Å². The number of nitrogens with zero attached hydrogens (tertiary/aromatic N) is 1. The molecule has 0 radical (unpaired) electrons. The summed E-state index contributed by atoms with van der Waals surface area (Å²) < 4.78 is 16.0. The topological polar surface area (TPSA) is 65.1 Å². The van der Waals surface area contributed by atoms with Crippen molar-refractivity contribution in [1.29, 1.82) is 0 Å². The van der Waals surface area contributed by atoms with Gasteiger partial charge in [-0.05, 0) is 29.8 Å².